The van der Waals surface area contributed by atoms with Crippen LogP contribution in [0.3, 0.4) is 0 Å². The lowest BCUT2D eigenvalue weighted by Gasteiger charge is -2.25. The molecule has 0 aromatic heterocycles. The van der Waals surface area contributed by atoms with Gasteiger partial charge in [0.1, 0.15) is 0 Å². The largest absolute Gasteiger partial charge is 0.394 e. The predicted molar refractivity (Wildman–Crippen MR) is 63.1 cm³/mol. The zero-order valence-electron chi connectivity index (χ0n) is 9.15. The molecule has 2 unspecified atom stereocenters. The third kappa shape index (κ3) is 3.09. The summed E-state index contributed by atoms with van der Waals surface area (Å²) >= 11 is 2.07. The van der Waals surface area contributed by atoms with Crippen LogP contribution in [0.2, 0.25) is 0 Å². The van der Waals surface area contributed by atoms with E-state index in [0.717, 1.165) is 31.3 Å². The molecule has 0 aromatic rings. The third-order valence-electron chi connectivity index (χ3n) is 3.47. The lowest BCUT2D eigenvalue weighted by Crippen LogP contribution is -2.41. The second-order valence-electron chi connectivity index (χ2n) is 4.83. The van der Waals surface area contributed by atoms with Crippen LogP contribution in [0.5, 0.6) is 0 Å². The van der Waals surface area contributed by atoms with E-state index in [1.54, 1.807) is 0 Å². The molecule has 2 atom stereocenters. The second kappa shape index (κ2) is 5.04. The molecule has 1 aliphatic carbocycles. The van der Waals surface area contributed by atoms with Crippen molar-refractivity contribution < 1.29 is 9.84 Å². The molecule has 1 aliphatic heterocycles. The van der Waals surface area contributed by atoms with Gasteiger partial charge in [-0.3, -0.25) is 0 Å². The number of hydrogen-bond acceptors (Lipinski definition) is 4. The Morgan fingerprint density at radius 2 is 2.00 bits per heavy atom. The summed E-state index contributed by atoms with van der Waals surface area (Å²) in [5.74, 6) is 0. The first-order valence-electron chi connectivity index (χ1n) is 5.85. The Morgan fingerprint density at radius 3 is 2.60 bits per heavy atom. The van der Waals surface area contributed by atoms with Crippen molar-refractivity contribution in [2.24, 2.45) is 5.73 Å². The van der Waals surface area contributed by atoms with Gasteiger partial charge in [-0.1, -0.05) is 0 Å². The van der Waals surface area contributed by atoms with Gasteiger partial charge in [0.25, 0.3) is 0 Å². The molecule has 0 amide bonds. The minimum atomic E-state index is -0.289. The number of hydrogen-bond donors (Lipinski definition) is 2. The molecule has 88 valence electrons. The van der Waals surface area contributed by atoms with Crippen molar-refractivity contribution in [2.75, 3.05) is 19.8 Å². The minimum absolute atomic E-state index is 0.137. The number of ether oxygens (including phenoxy) is 1. The molecular formula is C11H21NO2S. The highest BCUT2D eigenvalue weighted by atomic mass is 32.2. The maximum Gasteiger partial charge on any atom is 0.0611 e. The van der Waals surface area contributed by atoms with Crippen molar-refractivity contribution >= 4 is 11.8 Å². The van der Waals surface area contributed by atoms with Gasteiger partial charge in [0.05, 0.1) is 6.61 Å². The first-order valence-corrected chi connectivity index (χ1v) is 6.79. The van der Waals surface area contributed by atoms with Crippen LogP contribution < -0.4 is 5.73 Å². The Bertz CT molecular complexity index is 209. The highest BCUT2D eigenvalue weighted by Gasteiger charge is 2.36. The van der Waals surface area contributed by atoms with E-state index in [9.17, 15) is 5.11 Å². The van der Waals surface area contributed by atoms with Crippen LogP contribution in [-0.2, 0) is 4.74 Å². The van der Waals surface area contributed by atoms with Crippen LogP contribution >= 0.6 is 11.8 Å². The van der Waals surface area contributed by atoms with E-state index in [4.69, 9.17) is 10.5 Å². The molecule has 0 radical (unpaired) electrons. The van der Waals surface area contributed by atoms with Crippen molar-refractivity contribution in [1.29, 1.82) is 0 Å². The molecule has 2 aliphatic rings. The Morgan fingerprint density at radius 1 is 1.27 bits per heavy atom. The van der Waals surface area contributed by atoms with Crippen LogP contribution in [-0.4, -0.2) is 41.0 Å². The molecule has 0 spiro atoms. The summed E-state index contributed by atoms with van der Waals surface area (Å²) in [6.07, 6.45) is 5.48. The van der Waals surface area contributed by atoms with Crippen molar-refractivity contribution in [3.8, 4) is 0 Å². The fraction of sp³-hybridized carbons (Fsp3) is 1.00. The van der Waals surface area contributed by atoms with Gasteiger partial charge in [0.2, 0.25) is 0 Å². The fourth-order valence-electron chi connectivity index (χ4n) is 2.45. The van der Waals surface area contributed by atoms with Crippen LogP contribution in [0.4, 0.5) is 0 Å². The van der Waals surface area contributed by atoms with Gasteiger partial charge in [-0.25, -0.2) is 0 Å². The van der Waals surface area contributed by atoms with Crippen LogP contribution in [0.15, 0.2) is 0 Å². The Hall–Kier alpha value is 0.230. The average Bonchev–Trinajstić information content (AvgIpc) is 2.63. The van der Waals surface area contributed by atoms with Gasteiger partial charge in [0.15, 0.2) is 0 Å². The van der Waals surface area contributed by atoms with E-state index >= 15 is 0 Å². The number of rotatable bonds is 3. The monoisotopic (exact) mass is 231 g/mol. The highest BCUT2D eigenvalue weighted by molar-refractivity contribution is 8.00. The molecular weight excluding hydrogens is 210 g/mol. The quantitative estimate of drug-likeness (QED) is 0.765. The molecule has 2 fully saturated rings. The number of nitrogens with two attached hydrogens (primary N) is 1. The summed E-state index contributed by atoms with van der Waals surface area (Å²) in [7, 11) is 0. The molecule has 0 bridgehead atoms. The molecule has 3 nitrogen and oxygen atoms in total. The van der Waals surface area contributed by atoms with E-state index in [0.29, 0.717) is 5.25 Å². The summed E-state index contributed by atoms with van der Waals surface area (Å²) in [4.78, 5) is 0. The van der Waals surface area contributed by atoms with Gasteiger partial charge < -0.3 is 15.6 Å². The number of aliphatic hydroxyl groups is 1. The molecule has 1 saturated carbocycles. The fourth-order valence-corrected chi connectivity index (χ4v) is 4.14. The van der Waals surface area contributed by atoms with Gasteiger partial charge >= 0.3 is 0 Å². The second-order valence-corrected chi connectivity index (χ2v) is 6.44. The molecule has 2 rings (SSSR count). The van der Waals surface area contributed by atoms with E-state index in [1.807, 2.05) is 0 Å². The number of thioether (sulfide) groups is 1. The average molecular weight is 231 g/mol. The maximum absolute atomic E-state index is 9.19. The topological polar surface area (TPSA) is 55.5 Å². The smallest absolute Gasteiger partial charge is 0.0611 e. The molecule has 1 heterocycles. The molecule has 1 saturated heterocycles. The van der Waals surface area contributed by atoms with Crippen LogP contribution in [0.1, 0.15) is 32.1 Å². The summed E-state index contributed by atoms with van der Waals surface area (Å²) in [5.41, 5.74) is 5.78. The zero-order valence-corrected chi connectivity index (χ0v) is 9.97. The Balaban J connectivity index is 1.76. The van der Waals surface area contributed by atoms with E-state index < -0.39 is 0 Å². The Kier molecular flexibility index (Phi) is 3.93. The molecule has 3 N–H and O–H groups in total. The highest BCUT2D eigenvalue weighted by Crippen LogP contribution is 2.39. The van der Waals surface area contributed by atoms with Gasteiger partial charge in [-0.05, 0) is 32.1 Å². The van der Waals surface area contributed by atoms with Crippen molar-refractivity contribution in [3.63, 3.8) is 0 Å². The Labute approximate surface area is 95.7 Å². The summed E-state index contributed by atoms with van der Waals surface area (Å²) in [6.45, 7) is 1.97. The SMILES string of the molecule is NC1(CO)CCC(SC2CCOCC2)C1. The zero-order chi connectivity index (χ0) is 10.7. The maximum atomic E-state index is 9.19. The van der Waals surface area contributed by atoms with Crippen molar-refractivity contribution in [3.05, 3.63) is 0 Å². The third-order valence-corrected chi connectivity index (χ3v) is 5.11. The summed E-state index contributed by atoms with van der Waals surface area (Å²) in [5, 5.41) is 10.6. The van der Waals surface area contributed by atoms with Crippen LogP contribution in [0.25, 0.3) is 0 Å². The predicted octanol–water partition coefficient (Wildman–Crippen LogP) is 1.14. The van der Waals surface area contributed by atoms with Crippen LogP contribution in [0, 0.1) is 0 Å². The van der Waals surface area contributed by atoms with Gasteiger partial charge in [-0.15, -0.1) is 0 Å². The number of aliphatic hydroxyl groups excluding tert-OH is 1. The first-order chi connectivity index (χ1) is 7.22. The van der Waals surface area contributed by atoms with E-state index in [2.05, 4.69) is 11.8 Å². The first kappa shape index (κ1) is 11.7. The molecule has 15 heavy (non-hydrogen) atoms. The summed E-state index contributed by atoms with van der Waals surface area (Å²) < 4.78 is 5.35. The minimum Gasteiger partial charge on any atom is -0.394 e. The lowest BCUT2D eigenvalue weighted by atomic mass is 10.0. The van der Waals surface area contributed by atoms with Gasteiger partial charge in [0, 0.05) is 29.3 Å². The van der Waals surface area contributed by atoms with Crippen molar-refractivity contribution in [2.45, 2.75) is 48.1 Å². The standard InChI is InChI=1S/C11H21NO2S/c12-11(8-13)4-1-10(7-11)15-9-2-5-14-6-3-9/h9-10,13H,1-8,12H2. The van der Waals surface area contributed by atoms with E-state index in [1.165, 1.54) is 19.3 Å². The normalized spacial score (nSPS) is 38.4. The lowest BCUT2D eigenvalue weighted by molar-refractivity contribution is 0.0999. The molecule has 4 heteroatoms. The summed E-state index contributed by atoms with van der Waals surface area (Å²) in [6, 6.07) is 0. The van der Waals surface area contributed by atoms with E-state index in [-0.39, 0.29) is 12.1 Å². The van der Waals surface area contributed by atoms with Crippen molar-refractivity contribution in [1.82, 2.24) is 0 Å². The van der Waals surface area contributed by atoms with Gasteiger partial charge in [-0.2, -0.15) is 11.8 Å². The molecule has 0 aromatic carbocycles.